The molecule has 0 spiro atoms. The fraction of sp³-hybridized carbons (Fsp3) is 1.00. The maximum Gasteiger partial charge on any atom is 0.155 e. The van der Waals surface area contributed by atoms with E-state index in [1.54, 1.807) is 0 Å². The Hall–Kier alpha value is -0.0900. The summed E-state index contributed by atoms with van der Waals surface area (Å²) in [5.41, 5.74) is 0. The van der Waals surface area contributed by atoms with Crippen LogP contribution in [0.3, 0.4) is 0 Å². The number of hydrogen-bond acceptors (Lipinski definition) is 3. The predicted molar refractivity (Wildman–Crippen MR) is 91.2 cm³/mol. The summed E-state index contributed by atoms with van der Waals surface area (Å²) in [7, 11) is -0.996. The summed E-state index contributed by atoms with van der Waals surface area (Å²) >= 11 is 0. The van der Waals surface area contributed by atoms with Gasteiger partial charge in [0.25, 0.3) is 0 Å². The first-order valence-electron chi connectivity index (χ1n) is 8.45. The smallest absolute Gasteiger partial charge is 0.155 e. The van der Waals surface area contributed by atoms with Crippen molar-refractivity contribution in [2.24, 2.45) is 23.7 Å². The first kappa shape index (κ1) is 19.0. The van der Waals surface area contributed by atoms with Crippen molar-refractivity contribution >= 4 is 9.84 Å². The first-order valence-corrected chi connectivity index (χ1v) is 10.1. The van der Waals surface area contributed by atoms with Crippen molar-refractivity contribution in [3.8, 4) is 0 Å². The molecule has 0 bridgehead atoms. The zero-order valence-electron chi connectivity index (χ0n) is 14.8. The molecule has 3 atom stereocenters. The zero-order chi connectivity index (χ0) is 16.3. The lowest BCUT2D eigenvalue weighted by Gasteiger charge is -2.38. The van der Waals surface area contributed by atoms with Gasteiger partial charge in [-0.25, -0.2) is 8.42 Å². The van der Waals surface area contributed by atoms with E-state index < -0.39 is 14.6 Å². The predicted octanol–water partition coefficient (Wildman–Crippen LogP) is 3.50. The Balaban J connectivity index is 2.71. The van der Waals surface area contributed by atoms with Crippen LogP contribution in [0, 0.1) is 23.7 Å². The summed E-state index contributed by atoms with van der Waals surface area (Å²) in [6, 6.07) is 0. The third-order valence-corrected chi connectivity index (χ3v) is 7.92. The molecular formula is C17H35NO2S. The van der Waals surface area contributed by atoms with Gasteiger partial charge in [-0.05, 0) is 83.7 Å². The second-order valence-electron chi connectivity index (χ2n) is 8.11. The monoisotopic (exact) mass is 317 g/mol. The van der Waals surface area contributed by atoms with E-state index in [-0.39, 0.29) is 0 Å². The van der Waals surface area contributed by atoms with Crippen molar-refractivity contribution in [3.63, 3.8) is 0 Å². The largest absolute Gasteiger partial charge is 0.319 e. The van der Waals surface area contributed by atoms with Crippen LogP contribution in [0.15, 0.2) is 0 Å². The molecular weight excluding hydrogens is 282 g/mol. The second kappa shape index (κ2) is 7.45. The molecule has 3 nitrogen and oxygen atoms in total. The second-order valence-corrected chi connectivity index (χ2v) is 11.0. The van der Waals surface area contributed by atoms with Gasteiger partial charge in [0.2, 0.25) is 0 Å². The lowest BCUT2D eigenvalue weighted by Crippen LogP contribution is -2.36. The molecule has 0 heterocycles. The Labute approximate surface area is 132 Å². The van der Waals surface area contributed by atoms with Crippen LogP contribution in [0.4, 0.5) is 0 Å². The molecule has 126 valence electrons. The minimum Gasteiger partial charge on any atom is -0.319 e. The van der Waals surface area contributed by atoms with E-state index in [1.807, 2.05) is 27.8 Å². The molecule has 0 aromatic heterocycles. The summed E-state index contributed by atoms with van der Waals surface area (Å²) in [5.74, 6) is 3.00. The van der Waals surface area contributed by atoms with Gasteiger partial charge in [-0.1, -0.05) is 13.8 Å². The van der Waals surface area contributed by atoms with Crippen LogP contribution in [0.5, 0.6) is 0 Å². The highest BCUT2D eigenvalue weighted by Gasteiger charge is 2.34. The Morgan fingerprint density at radius 1 is 1.14 bits per heavy atom. The van der Waals surface area contributed by atoms with Gasteiger partial charge in [-0.15, -0.1) is 0 Å². The van der Waals surface area contributed by atoms with Crippen LogP contribution in [0.25, 0.3) is 0 Å². The van der Waals surface area contributed by atoms with Crippen molar-refractivity contribution in [2.45, 2.75) is 65.0 Å². The quantitative estimate of drug-likeness (QED) is 0.815. The molecule has 0 radical (unpaired) electrons. The minimum atomic E-state index is -2.99. The Bertz CT molecular complexity index is 409. The van der Waals surface area contributed by atoms with Crippen LogP contribution in [0.1, 0.15) is 60.3 Å². The third-order valence-electron chi connectivity index (χ3n) is 5.28. The molecule has 1 rings (SSSR count). The Morgan fingerprint density at radius 3 is 2.24 bits per heavy atom. The average Bonchev–Trinajstić information content (AvgIpc) is 2.36. The van der Waals surface area contributed by atoms with Gasteiger partial charge in [0.05, 0.1) is 10.5 Å². The molecule has 3 unspecified atom stereocenters. The van der Waals surface area contributed by atoms with Crippen LogP contribution in [-0.4, -0.2) is 32.5 Å². The number of rotatable bonds is 6. The van der Waals surface area contributed by atoms with Crippen molar-refractivity contribution in [1.82, 2.24) is 5.32 Å². The summed E-state index contributed by atoms with van der Waals surface area (Å²) in [4.78, 5) is 0. The topological polar surface area (TPSA) is 46.2 Å². The Kier molecular flexibility index (Phi) is 6.73. The summed E-state index contributed by atoms with van der Waals surface area (Å²) in [5, 5.41) is 3.29. The van der Waals surface area contributed by atoms with Gasteiger partial charge < -0.3 is 5.32 Å². The molecule has 1 aliphatic rings. The van der Waals surface area contributed by atoms with Gasteiger partial charge in [-0.2, -0.15) is 0 Å². The molecule has 21 heavy (non-hydrogen) atoms. The Morgan fingerprint density at radius 2 is 1.76 bits per heavy atom. The van der Waals surface area contributed by atoms with Gasteiger partial charge in [0.15, 0.2) is 9.84 Å². The average molecular weight is 318 g/mol. The number of sulfone groups is 1. The van der Waals surface area contributed by atoms with E-state index in [1.165, 1.54) is 19.3 Å². The van der Waals surface area contributed by atoms with E-state index in [2.05, 4.69) is 19.2 Å². The van der Waals surface area contributed by atoms with E-state index in [0.29, 0.717) is 23.5 Å². The number of nitrogens with one attached hydrogen (secondary N) is 1. The molecule has 1 aliphatic carbocycles. The van der Waals surface area contributed by atoms with Crippen molar-refractivity contribution in [2.75, 3.05) is 19.3 Å². The van der Waals surface area contributed by atoms with Crippen molar-refractivity contribution in [1.29, 1.82) is 0 Å². The van der Waals surface area contributed by atoms with E-state index >= 15 is 0 Å². The van der Waals surface area contributed by atoms with Crippen LogP contribution in [-0.2, 0) is 9.84 Å². The maximum atomic E-state index is 12.4. The molecule has 1 fully saturated rings. The lowest BCUT2D eigenvalue weighted by atomic mass is 9.69. The first-order chi connectivity index (χ1) is 9.58. The molecule has 0 aromatic carbocycles. The van der Waals surface area contributed by atoms with Gasteiger partial charge in [0.1, 0.15) is 0 Å². The van der Waals surface area contributed by atoms with E-state index in [0.717, 1.165) is 18.9 Å². The van der Waals surface area contributed by atoms with Crippen molar-refractivity contribution in [3.05, 3.63) is 0 Å². The summed E-state index contributed by atoms with van der Waals surface area (Å²) in [6.45, 7) is 11.0. The standard InChI is InChI=1S/C17H35NO2S/c1-13(2)14-7-8-16(12-18-6)15(11-14)9-10-21(19,20)17(3,4)5/h13-16,18H,7-12H2,1-6H3. The SMILES string of the molecule is CNCC1CCC(C(C)C)CC1CCS(=O)(=O)C(C)(C)C. The molecule has 1 N–H and O–H groups in total. The normalized spacial score (nSPS) is 28.0. The minimum absolute atomic E-state index is 0.339. The third kappa shape index (κ3) is 5.24. The van der Waals surface area contributed by atoms with E-state index in [9.17, 15) is 8.42 Å². The highest BCUT2D eigenvalue weighted by atomic mass is 32.2. The number of hydrogen-bond donors (Lipinski definition) is 1. The van der Waals surface area contributed by atoms with Crippen LogP contribution >= 0.6 is 0 Å². The van der Waals surface area contributed by atoms with E-state index in [4.69, 9.17) is 0 Å². The van der Waals surface area contributed by atoms with Crippen LogP contribution < -0.4 is 5.32 Å². The van der Waals surface area contributed by atoms with Gasteiger partial charge >= 0.3 is 0 Å². The molecule has 0 aromatic rings. The highest BCUT2D eigenvalue weighted by molar-refractivity contribution is 7.92. The molecule has 0 saturated heterocycles. The lowest BCUT2D eigenvalue weighted by molar-refractivity contribution is 0.143. The van der Waals surface area contributed by atoms with Crippen molar-refractivity contribution < 1.29 is 8.42 Å². The molecule has 1 saturated carbocycles. The molecule has 4 heteroatoms. The fourth-order valence-electron chi connectivity index (χ4n) is 3.47. The van der Waals surface area contributed by atoms with Crippen LogP contribution in [0.2, 0.25) is 0 Å². The molecule has 0 amide bonds. The maximum absolute atomic E-state index is 12.4. The highest BCUT2D eigenvalue weighted by Crippen LogP contribution is 2.39. The van der Waals surface area contributed by atoms with Gasteiger partial charge in [-0.3, -0.25) is 0 Å². The van der Waals surface area contributed by atoms with Gasteiger partial charge in [0, 0.05) is 0 Å². The summed E-state index contributed by atoms with van der Waals surface area (Å²) in [6.07, 6.45) is 4.56. The fourth-order valence-corrected chi connectivity index (χ4v) is 4.69. The summed E-state index contributed by atoms with van der Waals surface area (Å²) < 4.78 is 24.1. The molecule has 0 aliphatic heterocycles. The zero-order valence-corrected chi connectivity index (χ0v) is 15.6.